The van der Waals surface area contributed by atoms with E-state index >= 15 is 0 Å². The number of hydrogen-bond acceptors (Lipinski definition) is 3. The molecule has 0 bridgehead atoms. The molecule has 2 aromatic rings. The highest BCUT2D eigenvalue weighted by atomic mass is 32.1. The van der Waals surface area contributed by atoms with Crippen LogP contribution in [-0.4, -0.2) is 10.5 Å². The molecule has 1 aliphatic rings. The maximum absolute atomic E-state index is 6.62. The van der Waals surface area contributed by atoms with Crippen LogP contribution >= 0.6 is 11.3 Å². The monoisotopic (exact) mass is 300 g/mol. The minimum Gasteiger partial charge on any atom is -0.325 e. The van der Waals surface area contributed by atoms with E-state index in [1.165, 1.54) is 29.8 Å². The fourth-order valence-electron chi connectivity index (χ4n) is 3.27. The van der Waals surface area contributed by atoms with E-state index in [0.29, 0.717) is 0 Å². The predicted octanol–water partition coefficient (Wildman–Crippen LogP) is 4.65. The maximum Gasteiger partial charge on any atom is 0.0950 e. The molecule has 21 heavy (non-hydrogen) atoms. The zero-order valence-electron chi connectivity index (χ0n) is 12.7. The molecular formula is C18H24N2S. The average Bonchev–Trinajstić information content (AvgIpc) is 2.97. The van der Waals surface area contributed by atoms with Gasteiger partial charge >= 0.3 is 0 Å². The Kier molecular flexibility index (Phi) is 4.41. The number of thiazole rings is 1. The topological polar surface area (TPSA) is 38.9 Å². The first-order valence-electron chi connectivity index (χ1n) is 7.97. The highest BCUT2D eigenvalue weighted by Gasteiger charge is 2.32. The lowest BCUT2D eigenvalue weighted by Crippen LogP contribution is -2.45. The Morgan fingerprint density at radius 1 is 1.24 bits per heavy atom. The SMILES string of the molecule is CCC1CCC(N)(Cc2nc(-c3ccccc3)cs2)CC1. The van der Waals surface area contributed by atoms with Gasteiger partial charge in [0.05, 0.1) is 10.7 Å². The van der Waals surface area contributed by atoms with Gasteiger partial charge in [0.2, 0.25) is 0 Å². The summed E-state index contributed by atoms with van der Waals surface area (Å²) in [5.74, 6) is 0.887. The molecule has 1 heterocycles. The van der Waals surface area contributed by atoms with E-state index in [2.05, 4.69) is 36.6 Å². The number of aromatic nitrogens is 1. The standard InChI is InChI=1S/C18H24N2S/c1-2-14-8-10-18(19,11-9-14)12-17-20-16(13-21-17)15-6-4-3-5-7-15/h3-7,13-14H,2,8-12,19H2,1H3. The minimum absolute atomic E-state index is 0.0303. The fourth-order valence-corrected chi connectivity index (χ4v) is 4.23. The van der Waals surface area contributed by atoms with Crippen molar-refractivity contribution >= 4 is 11.3 Å². The van der Waals surface area contributed by atoms with Crippen LogP contribution in [0.1, 0.15) is 44.0 Å². The second-order valence-electron chi connectivity index (χ2n) is 6.38. The Morgan fingerprint density at radius 3 is 2.62 bits per heavy atom. The summed E-state index contributed by atoms with van der Waals surface area (Å²) in [6, 6.07) is 10.4. The van der Waals surface area contributed by atoms with Crippen LogP contribution in [-0.2, 0) is 6.42 Å². The predicted molar refractivity (Wildman–Crippen MR) is 90.4 cm³/mol. The second kappa shape index (κ2) is 6.29. The third kappa shape index (κ3) is 3.53. The van der Waals surface area contributed by atoms with Crippen LogP contribution in [0.2, 0.25) is 0 Å². The normalized spacial score (nSPS) is 25.9. The Morgan fingerprint density at radius 2 is 1.95 bits per heavy atom. The van der Waals surface area contributed by atoms with Crippen molar-refractivity contribution in [3.05, 3.63) is 40.7 Å². The lowest BCUT2D eigenvalue weighted by Gasteiger charge is -2.36. The van der Waals surface area contributed by atoms with Crippen LogP contribution in [0.15, 0.2) is 35.7 Å². The number of nitrogens with two attached hydrogens (primary N) is 1. The van der Waals surface area contributed by atoms with E-state index in [-0.39, 0.29) is 5.54 Å². The van der Waals surface area contributed by atoms with Gasteiger partial charge in [0.25, 0.3) is 0 Å². The lowest BCUT2D eigenvalue weighted by atomic mass is 9.75. The molecule has 2 N–H and O–H groups in total. The Balaban J connectivity index is 1.67. The van der Waals surface area contributed by atoms with Gasteiger partial charge in [-0.2, -0.15) is 0 Å². The maximum atomic E-state index is 6.62. The summed E-state index contributed by atoms with van der Waals surface area (Å²) in [7, 11) is 0. The molecule has 1 aromatic heterocycles. The molecule has 0 atom stereocenters. The molecule has 3 heteroatoms. The van der Waals surface area contributed by atoms with Crippen molar-refractivity contribution in [1.29, 1.82) is 0 Å². The van der Waals surface area contributed by atoms with Crippen LogP contribution < -0.4 is 5.73 Å². The van der Waals surface area contributed by atoms with Crippen LogP contribution in [0.4, 0.5) is 0 Å². The number of nitrogens with zero attached hydrogens (tertiary/aromatic N) is 1. The Bertz CT molecular complexity index is 568. The molecule has 0 unspecified atom stereocenters. The largest absolute Gasteiger partial charge is 0.325 e. The number of benzene rings is 1. The summed E-state index contributed by atoms with van der Waals surface area (Å²) < 4.78 is 0. The molecule has 1 saturated carbocycles. The molecule has 0 amide bonds. The van der Waals surface area contributed by atoms with Gasteiger partial charge in [-0.15, -0.1) is 11.3 Å². The van der Waals surface area contributed by atoms with Gasteiger partial charge in [0.15, 0.2) is 0 Å². The van der Waals surface area contributed by atoms with Crippen molar-refractivity contribution in [3.8, 4) is 11.3 Å². The molecule has 2 nitrogen and oxygen atoms in total. The van der Waals surface area contributed by atoms with Crippen molar-refractivity contribution < 1.29 is 0 Å². The fraction of sp³-hybridized carbons (Fsp3) is 0.500. The van der Waals surface area contributed by atoms with Crippen molar-refractivity contribution in [2.45, 2.75) is 51.0 Å². The first-order chi connectivity index (χ1) is 10.2. The van der Waals surface area contributed by atoms with Crippen molar-refractivity contribution in [1.82, 2.24) is 4.98 Å². The van der Waals surface area contributed by atoms with Crippen molar-refractivity contribution in [3.63, 3.8) is 0 Å². The molecule has 1 fully saturated rings. The van der Waals surface area contributed by atoms with Gasteiger partial charge in [-0.25, -0.2) is 4.98 Å². The quantitative estimate of drug-likeness (QED) is 0.892. The van der Waals surface area contributed by atoms with Crippen molar-refractivity contribution in [2.75, 3.05) is 0 Å². The van der Waals surface area contributed by atoms with E-state index < -0.39 is 0 Å². The van der Waals surface area contributed by atoms with E-state index in [0.717, 1.165) is 30.9 Å². The van der Waals surface area contributed by atoms with Crippen LogP contribution in [0.3, 0.4) is 0 Å². The molecule has 112 valence electrons. The van der Waals surface area contributed by atoms with E-state index in [9.17, 15) is 0 Å². The smallest absolute Gasteiger partial charge is 0.0950 e. The van der Waals surface area contributed by atoms with Gasteiger partial charge in [0, 0.05) is 22.9 Å². The summed E-state index contributed by atoms with van der Waals surface area (Å²) in [6.45, 7) is 2.29. The molecule has 1 aromatic carbocycles. The Hall–Kier alpha value is -1.19. The Labute approximate surface area is 131 Å². The van der Waals surface area contributed by atoms with Gasteiger partial charge in [-0.1, -0.05) is 43.7 Å². The molecule has 0 saturated heterocycles. The first kappa shape index (κ1) is 14.7. The average molecular weight is 300 g/mol. The highest BCUT2D eigenvalue weighted by molar-refractivity contribution is 7.09. The zero-order valence-corrected chi connectivity index (χ0v) is 13.5. The third-order valence-corrected chi connectivity index (χ3v) is 5.65. The van der Waals surface area contributed by atoms with E-state index in [1.807, 2.05) is 6.07 Å². The van der Waals surface area contributed by atoms with Gasteiger partial charge in [0.1, 0.15) is 0 Å². The second-order valence-corrected chi connectivity index (χ2v) is 7.33. The lowest BCUT2D eigenvalue weighted by molar-refractivity contribution is 0.228. The summed E-state index contributed by atoms with van der Waals surface area (Å²) >= 11 is 1.75. The van der Waals surface area contributed by atoms with Gasteiger partial charge in [-0.05, 0) is 31.6 Å². The summed E-state index contributed by atoms with van der Waals surface area (Å²) in [4.78, 5) is 4.80. The molecular weight excluding hydrogens is 276 g/mol. The molecule has 3 rings (SSSR count). The molecule has 1 aliphatic carbocycles. The van der Waals surface area contributed by atoms with Crippen LogP contribution in [0.25, 0.3) is 11.3 Å². The van der Waals surface area contributed by atoms with Gasteiger partial charge < -0.3 is 5.73 Å². The molecule has 0 radical (unpaired) electrons. The zero-order chi connectivity index (χ0) is 14.7. The first-order valence-corrected chi connectivity index (χ1v) is 8.85. The third-order valence-electron chi connectivity index (χ3n) is 4.80. The minimum atomic E-state index is -0.0303. The summed E-state index contributed by atoms with van der Waals surface area (Å²) in [5.41, 5.74) is 8.87. The molecule has 0 spiro atoms. The number of rotatable bonds is 4. The van der Waals surface area contributed by atoms with Gasteiger partial charge in [-0.3, -0.25) is 0 Å². The van der Waals surface area contributed by atoms with Crippen LogP contribution in [0, 0.1) is 5.92 Å². The van der Waals surface area contributed by atoms with E-state index in [4.69, 9.17) is 10.7 Å². The molecule has 0 aliphatic heterocycles. The van der Waals surface area contributed by atoms with Crippen LogP contribution in [0.5, 0.6) is 0 Å². The van der Waals surface area contributed by atoms with E-state index in [1.54, 1.807) is 11.3 Å². The number of hydrogen-bond donors (Lipinski definition) is 1. The highest BCUT2D eigenvalue weighted by Crippen LogP contribution is 2.35. The van der Waals surface area contributed by atoms with Crippen molar-refractivity contribution in [2.24, 2.45) is 11.7 Å². The summed E-state index contributed by atoms with van der Waals surface area (Å²) in [6.07, 6.45) is 7.08. The summed E-state index contributed by atoms with van der Waals surface area (Å²) in [5, 5.41) is 3.34.